The molecule has 0 saturated carbocycles. The second-order valence-electron chi connectivity index (χ2n) is 0. The molecule has 0 aromatic carbocycles. The Hall–Kier alpha value is 2.97. The van der Waals surface area contributed by atoms with Gasteiger partial charge in [-0.05, 0) is 0 Å². The van der Waals surface area contributed by atoms with Crippen LogP contribution in [0.3, 0.4) is 0 Å². The van der Waals surface area contributed by atoms with Gasteiger partial charge in [0.1, 0.15) is 0 Å². The third-order valence-corrected chi connectivity index (χ3v) is 0. The van der Waals surface area contributed by atoms with Gasteiger partial charge in [0.05, 0.1) is 0 Å². The normalized spacial score (nSPS) is 0. The molecule has 2 nitrogen and oxygen atoms in total. The third-order valence-electron chi connectivity index (χ3n) is 0. The quantitative estimate of drug-likeness (QED) is 0.456. The van der Waals surface area contributed by atoms with Crippen molar-refractivity contribution in [2.75, 3.05) is 0 Å². The molecule has 0 unspecified atom stereocenters. The average Bonchev–Trinajstić information content (AvgIpc) is 0. The molecule has 4 heteroatoms. The summed E-state index contributed by atoms with van der Waals surface area (Å²) >= 11 is 0. The Morgan fingerprint density at radius 2 is 1.00 bits per heavy atom. The second kappa shape index (κ2) is 16.7. The van der Waals surface area contributed by atoms with Gasteiger partial charge in [-0.25, -0.2) is 0 Å². The van der Waals surface area contributed by atoms with E-state index in [1.54, 1.807) is 0 Å². The van der Waals surface area contributed by atoms with Crippen molar-refractivity contribution >= 4 is 94.4 Å². The van der Waals surface area contributed by atoms with E-state index in [2.05, 4.69) is 0 Å². The summed E-state index contributed by atoms with van der Waals surface area (Å²) in [7, 11) is 0. The summed E-state index contributed by atoms with van der Waals surface area (Å²) in [5, 5.41) is 0. The fraction of sp³-hybridized carbons (Fsp3) is 0. The van der Waals surface area contributed by atoms with Crippen LogP contribution in [0.1, 0.15) is 5.71 Å². The largest absolute Gasteiger partial charge is 2.00 e. The first-order valence-corrected chi connectivity index (χ1v) is 0. The van der Waals surface area contributed by atoms with Gasteiger partial charge in [-0.1, -0.05) is 0 Å². The summed E-state index contributed by atoms with van der Waals surface area (Å²) in [6, 6.07) is 0. The van der Waals surface area contributed by atoms with E-state index in [0.29, 0.717) is 0 Å². The Morgan fingerprint density at radius 1 is 1.00 bits per heavy atom. The molecule has 0 atom stereocenters. The molecule has 0 radical (unpaired) electrons. The maximum Gasteiger partial charge on any atom is 2.00 e. The predicted molar refractivity (Wildman–Crippen MR) is 23.2 cm³/mol. The SMILES string of the molecule is O.O.[Ba+2].[H-].[H-].[H-].[H-].[Sr+2]. The van der Waals surface area contributed by atoms with Crippen LogP contribution in [0.4, 0.5) is 0 Å². The summed E-state index contributed by atoms with van der Waals surface area (Å²) in [6.07, 6.45) is 0. The van der Waals surface area contributed by atoms with Gasteiger partial charge in [0, 0.05) is 0 Å². The maximum atomic E-state index is 0. The van der Waals surface area contributed by atoms with Crippen LogP contribution in [0.2, 0.25) is 0 Å². The van der Waals surface area contributed by atoms with Crippen LogP contribution in [0.15, 0.2) is 0 Å². The zero-order chi connectivity index (χ0) is 0. The van der Waals surface area contributed by atoms with Gasteiger partial charge in [-0.15, -0.1) is 0 Å². The van der Waals surface area contributed by atoms with E-state index >= 15 is 0 Å². The van der Waals surface area contributed by atoms with Crippen LogP contribution < -0.4 is 0 Å². The Labute approximate surface area is 108 Å². The average molecular weight is 265 g/mol. The number of hydrogen-bond donors (Lipinski definition) is 0. The van der Waals surface area contributed by atoms with Crippen LogP contribution in [-0.2, 0) is 0 Å². The van der Waals surface area contributed by atoms with Crippen LogP contribution in [0, 0.1) is 0 Å². The minimum atomic E-state index is 0. The molecule has 0 spiro atoms. The van der Waals surface area contributed by atoms with E-state index in [1.165, 1.54) is 0 Å². The van der Waals surface area contributed by atoms with Gasteiger partial charge < -0.3 is 16.7 Å². The molecular formula is H8BaO2Sr. The van der Waals surface area contributed by atoms with Crippen molar-refractivity contribution in [1.82, 2.24) is 0 Å². The van der Waals surface area contributed by atoms with Gasteiger partial charge in [0.2, 0.25) is 0 Å². The van der Waals surface area contributed by atoms with Crippen LogP contribution in [0.25, 0.3) is 0 Å². The summed E-state index contributed by atoms with van der Waals surface area (Å²) in [6.45, 7) is 0. The van der Waals surface area contributed by atoms with Gasteiger partial charge in [0.25, 0.3) is 0 Å². The Bertz CT molecular complexity index is 14.0. The molecule has 0 aliphatic heterocycles. The molecule has 0 saturated heterocycles. The van der Waals surface area contributed by atoms with Gasteiger partial charge >= 0.3 is 94.4 Å². The van der Waals surface area contributed by atoms with Crippen molar-refractivity contribution in [3.63, 3.8) is 0 Å². The Kier molecular flexibility index (Phi) is 118. The van der Waals surface area contributed by atoms with Crippen molar-refractivity contribution in [3.8, 4) is 0 Å². The van der Waals surface area contributed by atoms with Crippen LogP contribution in [-0.4, -0.2) is 105 Å². The number of hydrogen-bond acceptors (Lipinski definition) is 0. The van der Waals surface area contributed by atoms with Crippen molar-refractivity contribution < 1.29 is 16.7 Å². The number of rotatable bonds is 0. The van der Waals surface area contributed by atoms with Crippen molar-refractivity contribution in [2.45, 2.75) is 0 Å². The first-order valence-electron chi connectivity index (χ1n) is 0. The smallest absolute Gasteiger partial charge is 1.00 e. The zero-order valence-electron chi connectivity index (χ0n) is 6.41. The zero-order valence-corrected chi connectivity index (χ0v) is 10.3. The summed E-state index contributed by atoms with van der Waals surface area (Å²) in [5.41, 5.74) is 0. The minimum absolute atomic E-state index is 0. The van der Waals surface area contributed by atoms with Crippen LogP contribution >= 0.6 is 0 Å². The molecule has 0 aliphatic rings. The third kappa shape index (κ3) is 8.88. The van der Waals surface area contributed by atoms with E-state index in [9.17, 15) is 0 Å². The fourth-order valence-corrected chi connectivity index (χ4v) is 0. The Balaban J connectivity index is 0. The molecule has 0 aromatic heterocycles. The molecular weight excluding hydrogens is 257 g/mol. The van der Waals surface area contributed by atoms with Crippen molar-refractivity contribution in [3.05, 3.63) is 0 Å². The summed E-state index contributed by atoms with van der Waals surface area (Å²) < 4.78 is 0. The molecule has 0 fully saturated rings. The van der Waals surface area contributed by atoms with Gasteiger partial charge in [-0.2, -0.15) is 0 Å². The Morgan fingerprint density at radius 3 is 1.00 bits per heavy atom. The van der Waals surface area contributed by atoms with Crippen molar-refractivity contribution in [2.24, 2.45) is 0 Å². The van der Waals surface area contributed by atoms with Gasteiger partial charge in [0.15, 0.2) is 0 Å². The fourth-order valence-electron chi connectivity index (χ4n) is 0. The minimum Gasteiger partial charge on any atom is -1.00 e. The summed E-state index contributed by atoms with van der Waals surface area (Å²) in [5.74, 6) is 0. The monoisotopic (exact) mass is 266 g/mol. The molecule has 0 amide bonds. The van der Waals surface area contributed by atoms with Crippen molar-refractivity contribution in [1.29, 1.82) is 0 Å². The first-order chi connectivity index (χ1) is 0. The van der Waals surface area contributed by atoms with E-state index in [-0.39, 0.29) is 111 Å². The standard InChI is InChI=1S/Ba.2H2O.Sr.4H/h;2*1H2;;;;;/q+2;;;+2;4*-1. The van der Waals surface area contributed by atoms with E-state index < -0.39 is 0 Å². The molecule has 24 valence electrons. The van der Waals surface area contributed by atoms with Crippen LogP contribution in [0.5, 0.6) is 0 Å². The maximum absolute atomic E-state index is 0. The topological polar surface area (TPSA) is 63.0 Å². The molecule has 4 heavy (non-hydrogen) atoms. The van der Waals surface area contributed by atoms with Gasteiger partial charge in [-0.3, -0.25) is 0 Å². The predicted octanol–water partition coefficient (Wildman–Crippen LogP) is -1.96. The molecule has 0 rings (SSSR count). The molecule has 0 bridgehead atoms. The van der Waals surface area contributed by atoms with E-state index in [0.717, 1.165) is 0 Å². The molecule has 4 N–H and O–H groups in total. The van der Waals surface area contributed by atoms with E-state index in [1.807, 2.05) is 0 Å². The second-order valence-corrected chi connectivity index (χ2v) is 0. The molecule has 0 heterocycles. The summed E-state index contributed by atoms with van der Waals surface area (Å²) in [4.78, 5) is 0. The van der Waals surface area contributed by atoms with E-state index in [4.69, 9.17) is 0 Å². The molecule has 0 aromatic rings. The molecule has 0 aliphatic carbocycles. The first kappa shape index (κ1) is 28.2.